The van der Waals surface area contributed by atoms with E-state index in [0.29, 0.717) is 0 Å². The van der Waals surface area contributed by atoms with Gasteiger partial charge in [0, 0.05) is 12.6 Å². The summed E-state index contributed by atoms with van der Waals surface area (Å²) in [5.74, 6) is 0. The van der Waals surface area contributed by atoms with Crippen LogP contribution in [0.25, 0.3) is 11.3 Å². The number of hydrogen-bond donors (Lipinski definition) is 1. The summed E-state index contributed by atoms with van der Waals surface area (Å²) in [4.78, 5) is 4.16. The van der Waals surface area contributed by atoms with Crippen molar-refractivity contribution in [3.63, 3.8) is 0 Å². The second kappa shape index (κ2) is 4.28. The highest BCUT2D eigenvalue weighted by atomic mass is 15.1. The van der Waals surface area contributed by atoms with E-state index in [-0.39, 0.29) is 6.04 Å². The number of benzene rings is 1. The predicted octanol–water partition coefficient (Wildman–Crippen LogP) is 1.90. The van der Waals surface area contributed by atoms with Gasteiger partial charge in [-0.3, -0.25) is 0 Å². The summed E-state index contributed by atoms with van der Waals surface area (Å²) < 4.78 is 2.08. The van der Waals surface area contributed by atoms with Gasteiger partial charge in [-0.2, -0.15) is 0 Å². The van der Waals surface area contributed by atoms with E-state index < -0.39 is 0 Å². The molecule has 0 bridgehead atoms. The first-order valence-electron chi connectivity index (χ1n) is 5.08. The van der Waals surface area contributed by atoms with E-state index >= 15 is 0 Å². The molecule has 0 fully saturated rings. The second-order valence-electron chi connectivity index (χ2n) is 3.77. The zero-order chi connectivity index (χ0) is 10.7. The van der Waals surface area contributed by atoms with Gasteiger partial charge in [0.2, 0.25) is 0 Å². The molecule has 0 aliphatic rings. The van der Waals surface area contributed by atoms with Gasteiger partial charge in [-0.25, -0.2) is 4.98 Å². The van der Waals surface area contributed by atoms with Crippen LogP contribution in [0.15, 0.2) is 42.9 Å². The maximum absolute atomic E-state index is 5.78. The van der Waals surface area contributed by atoms with Gasteiger partial charge in [0.1, 0.15) is 0 Å². The minimum absolute atomic E-state index is 0.140. The van der Waals surface area contributed by atoms with Gasteiger partial charge in [0.05, 0.1) is 18.2 Å². The van der Waals surface area contributed by atoms with Crippen molar-refractivity contribution in [1.82, 2.24) is 9.55 Å². The molecule has 1 heterocycles. The molecule has 2 N–H and O–H groups in total. The Morgan fingerprint density at radius 2 is 2.07 bits per heavy atom. The van der Waals surface area contributed by atoms with Gasteiger partial charge in [0.25, 0.3) is 0 Å². The van der Waals surface area contributed by atoms with Crippen LogP contribution >= 0.6 is 0 Å². The molecule has 0 saturated carbocycles. The number of hydrogen-bond acceptors (Lipinski definition) is 2. The van der Waals surface area contributed by atoms with Gasteiger partial charge in [-0.1, -0.05) is 30.3 Å². The van der Waals surface area contributed by atoms with Crippen LogP contribution in [-0.2, 0) is 6.54 Å². The first-order valence-corrected chi connectivity index (χ1v) is 5.08. The Hall–Kier alpha value is -1.61. The Balaban J connectivity index is 2.33. The van der Waals surface area contributed by atoms with Crippen molar-refractivity contribution in [3.05, 3.63) is 42.9 Å². The van der Waals surface area contributed by atoms with E-state index in [1.54, 1.807) is 0 Å². The number of aromatic nitrogens is 2. The largest absolute Gasteiger partial charge is 0.329 e. The number of rotatable bonds is 3. The van der Waals surface area contributed by atoms with Gasteiger partial charge in [-0.05, 0) is 12.5 Å². The molecular formula is C12H15N3. The third-order valence-electron chi connectivity index (χ3n) is 2.27. The molecule has 15 heavy (non-hydrogen) atoms. The third-order valence-corrected chi connectivity index (χ3v) is 2.27. The quantitative estimate of drug-likeness (QED) is 0.824. The van der Waals surface area contributed by atoms with Crippen LogP contribution in [0, 0.1) is 0 Å². The van der Waals surface area contributed by atoms with Crippen LogP contribution in [-0.4, -0.2) is 15.6 Å². The first-order chi connectivity index (χ1) is 7.27. The lowest BCUT2D eigenvalue weighted by molar-refractivity contribution is 0.593. The summed E-state index contributed by atoms with van der Waals surface area (Å²) in [5, 5.41) is 0. The molecule has 0 radical (unpaired) electrons. The molecule has 1 unspecified atom stereocenters. The molecule has 2 rings (SSSR count). The molecule has 0 aliphatic carbocycles. The van der Waals surface area contributed by atoms with E-state index in [9.17, 15) is 0 Å². The number of imidazole rings is 1. The standard InChI is InChI=1S/C12H15N3/c1-10(13)8-15-9-14-7-12(15)11-5-3-2-4-6-11/h2-7,9-10H,8,13H2,1H3. The average Bonchev–Trinajstić information content (AvgIpc) is 2.66. The molecule has 1 aromatic carbocycles. The second-order valence-corrected chi connectivity index (χ2v) is 3.77. The van der Waals surface area contributed by atoms with Crippen molar-refractivity contribution in [2.75, 3.05) is 0 Å². The van der Waals surface area contributed by atoms with Gasteiger partial charge >= 0.3 is 0 Å². The van der Waals surface area contributed by atoms with Gasteiger partial charge in [-0.15, -0.1) is 0 Å². The molecule has 3 heteroatoms. The molecule has 1 aromatic heterocycles. The predicted molar refractivity (Wildman–Crippen MR) is 61.3 cm³/mol. The summed E-state index contributed by atoms with van der Waals surface area (Å²) in [6, 6.07) is 10.4. The van der Waals surface area contributed by atoms with Crippen LogP contribution in [0.1, 0.15) is 6.92 Å². The highest BCUT2D eigenvalue weighted by Crippen LogP contribution is 2.18. The lowest BCUT2D eigenvalue weighted by atomic mass is 10.1. The summed E-state index contributed by atoms with van der Waals surface area (Å²) in [5.41, 5.74) is 8.08. The van der Waals surface area contributed by atoms with Gasteiger partial charge in [0.15, 0.2) is 0 Å². The number of nitrogens with zero attached hydrogens (tertiary/aromatic N) is 2. The topological polar surface area (TPSA) is 43.8 Å². The van der Waals surface area contributed by atoms with Crippen molar-refractivity contribution < 1.29 is 0 Å². The lowest BCUT2D eigenvalue weighted by Gasteiger charge is -2.10. The fourth-order valence-electron chi connectivity index (χ4n) is 1.63. The fraction of sp³-hybridized carbons (Fsp3) is 0.250. The third kappa shape index (κ3) is 2.25. The smallest absolute Gasteiger partial charge is 0.0951 e. The van der Waals surface area contributed by atoms with E-state index in [0.717, 1.165) is 12.2 Å². The number of nitrogens with two attached hydrogens (primary N) is 1. The Bertz CT molecular complexity index is 417. The van der Waals surface area contributed by atoms with Crippen LogP contribution in [0.4, 0.5) is 0 Å². The molecule has 0 aliphatic heterocycles. The summed E-state index contributed by atoms with van der Waals surface area (Å²) in [7, 11) is 0. The lowest BCUT2D eigenvalue weighted by Crippen LogP contribution is -2.22. The van der Waals surface area contributed by atoms with E-state index in [4.69, 9.17) is 5.73 Å². The summed E-state index contributed by atoms with van der Waals surface area (Å²) in [6.45, 7) is 2.79. The highest BCUT2D eigenvalue weighted by molar-refractivity contribution is 5.58. The minimum atomic E-state index is 0.140. The molecule has 78 valence electrons. The average molecular weight is 201 g/mol. The van der Waals surface area contributed by atoms with E-state index in [1.807, 2.05) is 37.6 Å². The highest BCUT2D eigenvalue weighted by Gasteiger charge is 2.05. The zero-order valence-corrected chi connectivity index (χ0v) is 8.80. The Morgan fingerprint density at radius 1 is 1.33 bits per heavy atom. The van der Waals surface area contributed by atoms with Crippen molar-refractivity contribution >= 4 is 0 Å². The molecule has 2 aromatic rings. The van der Waals surface area contributed by atoms with Crippen LogP contribution in [0.3, 0.4) is 0 Å². The molecule has 1 atom stereocenters. The Kier molecular flexibility index (Phi) is 2.83. The van der Waals surface area contributed by atoms with E-state index in [2.05, 4.69) is 21.7 Å². The first kappa shape index (κ1) is 9.93. The van der Waals surface area contributed by atoms with Crippen molar-refractivity contribution in [3.8, 4) is 11.3 Å². The van der Waals surface area contributed by atoms with Crippen molar-refractivity contribution in [2.45, 2.75) is 19.5 Å². The summed E-state index contributed by atoms with van der Waals surface area (Å²) in [6.07, 6.45) is 3.70. The maximum Gasteiger partial charge on any atom is 0.0951 e. The molecule has 0 spiro atoms. The molecule has 0 amide bonds. The van der Waals surface area contributed by atoms with Gasteiger partial charge < -0.3 is 10.3 Å². The van der Waals surface area contributed by atoms with Crippen LogP contribution in [0.2, 0.25) is 0 Å². The monoisotopic (exact) mass is 201 g/mol. The van der Waals surface area contributed by atoms with Crippen LogP contribution < -0.4 is 5.73 Å². The van der Waals surface area contributed by atoms with Crippen molar-refractivity contribution in [2.24, 2.45) is 5.73 Å². The normalized spacial score (nSPS) is 12.7. The van der Waals surface area contributed by atoms with Crippen LogP contribution in [0.5, 0.6) is 0 Å². The minimum Gasteiger partial charge on any atom is -0.329 e. The van der Waals surface area contributed by atoms with E-state index in [1.165, 1.54) is 5.56 Å². The zero-order valence-electron chi connectivity index (χ0n) is 8.80. The SMILES string of the molecule is CC(N)Cn1cncc1-c1ccccc1. The fourth-order valence-corrected chi connectivity index (χ4v) is 1.63. The molecule has 0 saturated heterocycles. The Labute approximate surface area is 89.6 Å². The van der Waals surface area contributed by atoms with Crippen molar-refractivity contribution in [1.29, 1.82) is 0 Å². The summed E-state index contributed by atoms with van der Waals surface area (Å²) >= 11 is 0. The Morgan fingerprint density at radius 3 is 2.73 bits per heavy atom. The molecular weight excluding hydrogens is 186 g/mol. The molecule has 3 nitrogen and oxygen atoms in total. The maximum atomic E-state index is 5.78.